The van der Waals surface area contributed by atoms with Gasteiger partial charge in [-0.2, -0.15) is 4.31 Å². The van der Waals surface area contributed by atoms with E-state index in [4.69, 9.17) is 5.73 Å². The SMILES string of the molecule is Cc1cc(N)cc(S(=O)(=O)N(C)Cc2cccnc2)c1C. The third kappa shape index (κ3) is 3.22. The van der Waals surface area contributed by atoms with E-state index in [0.29, 0.717) is 5.69 Å². The van der Waals surface area contributed by atoms with E-state index in [2.05, 4.69) is 4.98 Å². The molecule has 6 heteroatoms. The number of nitrogen functional groups attached to an aromatic ring is 1. The minimum absolute atomic E-state index is 0.256. The van der Waals surface area contributed by atoms with Crippen molar-refractivity contribution in [2.24, 2.45) is 0 Å². The van der Waals surface area contributed by atoms with Crippen LogP contribution >= 0.6 is 0 Å². The lowest BCUT2D eigenvalue weighted by Gasteiger charge is -2.19. The van der Waals surface area contributed by atoms with Crippen molar-refractivity contribution in [2.75, 3.05) is 12.8 Å². The van der Waals surface area contributed by atoms with Gasteiger partial charge in [0.1, 0.15) is 0 Å². The molecule has 2 N–H and O–H groups in total. The first-order valence-electron chi connectivity index (χ1n) is 6.54. The van der Waals surface area contributed by atoms with Crippen molar-refractivity contribution >= 4 is 15.7 Å². The Labute approximate surface area is 125 Å². The molecule has 1 aromatic heterocycles. The van der Waals surface area contributed by atoms with Gasteiger partial charge in [-0.3, -0.25) is 4.98 Å². The lowest BCUT2D eigenvalue weighted by atomic mass is 10.1. The zero-order chi connectivity index (χ0) is 15.6. The molecule has 1 aromatic carbocycles. The monoisotopic (exact) mass is 305 g/mol. The molecule has 0 amide bonds. The summed E-state index contributed by atoms with van der Waals surface area (Å²) in [7, 11) is -2.03. The van der Waals surface area contributed by atoms with Crippen molar-refractivity contribution in [1.29, 1.82) is 0 Å². The molecule has 5 nitrogen and oxygen atoms in total. The second-order valence-corrected chi connectivity index (χ2v) is 7.10. The van der Waals surface area contributed by atoms with Crippen LogP contribution < -0.4 is 5.73 Å². The van der Waals surface area contributed by atoms with E-state index in [9.17, 15) is 8.42 Å². The van der Waals surface area contributed by atoms with Gasteiger partial charge in [-0.15, -0.1) is 0 Å². The van der Waals surface area contributed by atoms with Crippen molar-refractivity contribution in [3.63, 3.8) is 0 Å². The summed E-state index contributed by atoms with van der Waals surface area (Å²) in [4.78, 5) is 4.25. The van der Waals surface area contributed by atoms with Crippen LogP contribution in [0.3, 0.4) is 0 Å². The van der Waals surface area contributed by atoms with Crippen LogP contribution in [-0.4, -0.2) is 24.8 Å². The number of anilines is 1. The Morgan fingerprint density at radius 3 is 2.62 bits per heavy atom. The Kier molecular flexibility index (Phi) is 4.29. The molecule has 0 radical (unpaired) electrons. The maximum Gasteiger partial charge on any atom is 0.243 e. The van der Waals surface area contributed by atoms with E-state index in [1.54, 1.807) is 38.5 Å². The zero-order valence-electron chi connectivity index (χ0n) is 12.4. The first-order chi connectivity index (χ1) is 9.82. The molecule has 2 aromatic rings. The molecule has 0 spiro atoms. The molecule has 0 atom stereocenters. The number of nitrogens with zero attached hydrogens (tertiary/aromatic N) is 2. The minimum atomic E-state index is -3.59. The van der Waals surface area contributed by atoms with Gasteiger partial charge in [0.15, 0.2) is 0 Å². The maximum absolute atomic E-state index is 12.7. The number of rotatable bonds is 4. The summed E-state index contributed by atoms with van der Waals surface area (Å²) in [5.74, 6) is 0. The highest BCUT2D eigenvalue weighted by Gasteiger charge is 2.24. The van der Waals surface area contributed by atoms with Crippen LogP contribution in [0.5, 0.6) is 0 Å². The Morgan fingerprint density at radius 1 is 1.29 bits per heavy atom. The van der Waals surface area contributed by atoms with E-state index in [1.807, 2.05) is 13.0 Å². The number of nitrogens with two attached hydrogens (primary N) is 1. The van der Waals surface area contributed by atoms with E-state index >= 15 is 0 Å². The number of pyridine rings is 1. The summed E-state index contributed by atoms with van der Waals surface area (Å²) in [6, 6.07) is 6.91. The number of aromatic nitrogens is 1. The van der Waals surface area contributed by atoms with Crippen molar-refractivity contribution in [3.8, 4) is 0 Å². The summed E-state index contributed by atoms with van der Waals surface area (Å²) < 4.78 is 26.7. The standard InChI is InChI=1S/C15H19N3O2S/c1-11-7-14(16)8-15(12(11)2)21(19,20)18(3)10-13-5-4-6-17-9-13/h4-9H,10,16H2,1-3H3. The molecule has 21 heavy (non-hydrogen) atoms. The Balaban J connectivity index is 2.38. The lowest BCUT2D eigenvalue weighted by molar-refractivity contribution is 0.465. The van der Waals surface area contributed by atoms with Crippen LogP contribution in [0.2, 0.25) is 0 Å². The predicted octanol–water partition coefficient (Wildman–Crippen LogP) is 2.10. The third-order valence-electron chi connectivity index (χ3n) is 3.46. The van der Waals surface area contributed by atoms with Gasteiger partial charge in [0.25, 0.3) is 0 Å². The van der Waals surface area contributed by atoms with Crippen molar-refractivity contribution in [1.82, 2.24) is 9.29 Å². The molecule has 2 rings (SSSR count). The van der Waals surface area contributed by atoms with Gasteiger partial charge >= 0.3 is 0 Å². The zero-order valence-corrected chi connectivity index (χ0v) is 13.2. The number of hydrogen-bond donors (Lipinski definition) is 1. The van der Waals surface area contributed by atoms with Crippen LogP contribution in [0.25, 0.3) is 0 Å². The van der Waals surface area contributed by atoms with E-state index in [1.165, 1.54) is 10.4 Å². The van der Waals surface area contributed by atoms with Gasteiger partial charge in [0, 0.05) is 31.7 Å². The van der Waals surface area contributed by atoms with Gasteiger partial charge in [0.05, 0.1) is 4.90 Å². The predicted molar refractivity (Wildman–Crippen MR) is 83.2 cm³/mol. The molecule has 1 heterocycles. The first kappa shape index (κ1) is 15.5. The highest BCUT2D eigenvalue weighted by molar-refractivity contribution is 7.89. The average molecular weight is 305 g/mol. The summed E-state index contributed by atoms with van der Waals surface area (Å²) in [6.07, 6.45) is 3.31. The van der Waals surface area contributed by atoms with E-state index in [0.717, 1.165) is 16.7 Å². The Hall–Kier alpha value is -1.92. The normalized spacial score (nSPS) is 11.8. The summed E-state index contributed by atoms with van der Waals surface area (Å²) in [5.41, 5.74) is 8.66. The summed E-state index contributed by atoms with van der Waals surface area (Å²) >= 11 is 0. The average Bonchev–Trinajstić information content (AvgIpc) is 2.43. The highest BCUT2D eigenvalue weighted by atomic mass is 32.2. The largest absolute Gasteiger partial charge is 0.399 e. The van der Waals surface area contributed by atoms with Gasteiger partial charge in [-0.05, 0) is 48.7 Å². The molecule has 0 aliphatic rings. The fraction of sp³-hybridized carbons (Fsp3) is 0.267. The topological polar surface area (TPSA) is 76.3 Å². The lowest BCUT2D eigenvalue weighted by Crippen LogP contribution is -2.27. The number of benzene rings is 1. The molecule has 0 aliphatic carbocycles. The van der Waals surface area contributed by atoms with Crippen molar-refractivity contribution in [2.45, 2.75) is 25.3 Å². The van der Waals surface area contributed by atoms with Crippen LogP contribution in [0.1, 0.15) is 16.7 Å². The molecule has 0 aliphatic heterocycles. The van der Waals surface area contributed by atoms with E-state index < -0.39 is 10.0 Å². The summed E-state index contributed by atoms with van der Waals surface area (Å²) in [6.45, 7) is 3.91. The molecule has 0 saturated carbocycles. The Bertz CT molecular complexity index is 743. The second-order valence-electron chi connectivity index (χ2n) is 5.08. The van der Waals surface area contributed by atoms with Crippen LogP contribution in [0.15, 0.2) is 41.6 Å². The van der Waals surface area contributed by atoms with Crippen LogP contribution in [0.4, 0.5) is 5.69 Å². The number of sulfonamides is 1. The van der Waals surface area contributed by atoms with Gasteiger partial charge in [0.2, 0.25) is 10.0 Å². The van der Waals surface area contributed by atoms with Gasteiger partial charge < -0.3 is 5.73 Å². The minimum Gasteiger partial charge on any atom is -0.399 e. The quantitative estimate of drug-likeness (QED) is 0.878. The molecular weight excluding hydrogens is 286 g/mol. The molecule has 0 saturated heterocycles. The molecular formula is C15H19N3O2S. The van der Waals surface area contributed by atoms with E-state index in [-0.39, 0.29) is 11.4 Å². The smallest absolute Gasteiger partial charge is 0.243 e. The van der Waals surface area contributed by atoms with Crippen molar-refractivity contribution in [3.05, 3.63) is 53.3 Å². The second kappa shape index (κ2) is 5.83. The van der Waals surface area contributed by atoms with Gasteiger partial charge in [-0.25, -0.2) is 8.42 Å². The maximum atomic E-state index is 12.7. The molecule has 0 fully saturated rings. The molecule has 0 unspecified atom stereocenters. The van der Waals surface area contributed by atoms with Gasteiger partial charge in [-0.1, -0.05) is 6.07 Å². The number of aryl methyl sites for hydroxylation is 1. The highest BCUT2D eigenvalue weighted by Crippen LogP contribution is 2.25. The summed E-state index contributed by atoms with van der Waals surface area (Å²) in [5, 5.41) is 0. The fourth-order valence-electron chi connectivity index (χ4n) is 2.12. The first-order valence-corrected chi connectivity index (χ1v) is 7.98. The van der Waals surface area contributed by atoms with Crippen LogP contribution in [0, 0.1) is 13.8 Å². The number of hydrogen-bond acceptors (Lipinski definition) is 4. The van der Waals surface area contributed by atoms with Crippen molar-refractivity contribution < 1.29 is 8.42 Å². The third-order valence-corrected chi connectivity index (χ3v) is 5.39. The fourth-order valence-corrected chi connectivity index (χ4v) is 3.61. The molecule has 0 bridgehead atoms. The molecule has 112 valence electrons. The Morgan fingerprint density at radius 2 is 2.00 bits per heavy atom. The van der Waals surface area contributed by atoms with Crippen LogP contribution in [-0.2, 0) is 16.6 Å².